The van der Waals surface area contributed by atoms with Crippen LogP contribution in [-0.2, 0) is 11.2 Å². The number of hydrogen-bond donors (Lipinski definition) is 5. The lowest BCUT2D eigenvalue weighted by Crippen LogP contribution is -2.38. The van der Waals surface area contributed by atoms with Gasteiger partial charge in [-0.05, 0) is 43.9 Å². The van der Waals surface area contributed by atoms with Crippen LogP contribution in [0, 0.1) is 6.92 Å². The minimum Gasteiger partial charge on any atom is -0.484 e. The maximum absolute atomic E-state index is 12.2. The predicted molar refractivity (Wildman–Crippen MR) is 118 cm³/mol. The summed E-state index contributed by atoms with van der Waals surface area (Å²) >= 11 is 0. The number of nitrogens with one attached hydrogen (secondary N) is 1. The van der Waals surface area contributed by atoms with Gasteiger partial charge in [0.2, 0.25) is 0 Å². The minimum absolute atomic E-state index is 0.00720. The number of amides is 2. The highest BCUT2D eigenvalue weighted by atomic mass is 16.5. The first-order valence-corrected chi connectivity index (χ1v) is 9.77. The second kappa shape index (κ2) is 11.3. The van der Waals surface area contributed by atoms with Crippen molar-refractivity contribution in [2.24, 2.45) is 16.5 Å². The van der Waals surface area contributed by atoms with Crippen molar-refractivity contribution in [2.75, 3.05) is 24.6 Å². The Bertz CT molecular complexity index is 944. The number of nitrogens with two attached hydrogens (primary N) is 4. The number of nitrogen functional groups attached to an aromatic ring is 2. The highest BCUT2D eigenvalue weighted by Gasteiger charge is 2.15. The highest BCUT2D eigenvalue weighted by molar-refractivity contribution is 6.06. The van der Waals surface area contributed by atoms with Gasteiger partial charge in [0, 0.05) is 6.54 Å². The molecule has 0 saturated heterocycles. The summed E-state index contributed by atoms with van der Waals surface area (Å²) in [6.07, 6.45) is 3.64. The number of carbonyl (C=O) groups is 2. The third kappa shape index (κ3) is 7.80. The number of guanidine groups is 1. The van der Waals surface area contributed by atoms with Crippen LogP contribution in [0.5, 0.6) is 5.75 Å². The molecule has 9 N–H and O–H groups in total. The van der Waals surface area contributed by atoms with Gasteiger partial charge >= 0.3 is 0 Å². The molecule has 11 heteroatoms. The molecular weight excluding hydrogens is 400 g/mol. The summed E-state index contributed by atoms with van der Waals surface area (Å²) in [7, 11) is 0. The molecule has 2 aromatic rings. The number of primary amides is 1. The van der Waals surface area contributed by atoms with E-state index in [4.69, 9.17) is 27.7 Å². The molecule has 0 aliphatic heterocycles. The van der Waals surface area contributed by atoms with E-state index in [0.717, 1.165) is 25.7 Å². The lowest BCUT2D eigenvalue weighted by molar-refractivity contribution is -0.119. The van der Waals surface area contributed by atoms with E-state index in [0.29, 0.717) is 18.0 Å². The van der Waals surface area contributed by atoms with E-state index in [2.05, 4.69) is 20.3 Å². The summed E-state index contributed by atoms with van der Waals surface area (Å²) in [5.74, 6) is -0.393. The van der Waals surface area contributed by atoms with E-state index >= 15 is 0 Å². The van der Waals surface area contributed by atoms with Gasteiger partial charge in [0.15, 0.2) is 24.1 Å². The molecule has 0 radical (unpaired) electrons. The van der Waals surface area contributed by atoms with Crippen LogP contribution in [0.4, 0.5) is 11.6 Å². The fourth-order valence-corrected chi connectivity index (χ4v) is 2.65. The second-order valence-corrected chi connectivity index (χ2v) is 6.86. The van der Waals surface area contributed by atoms with Crippen molar-refractivity contribution in [3.05, 3.63) is 41.2 Å². The van der Waals surface area contributed by atoms with Crippen LogP contribution in [0.1, 0.15) is 41.0 Å². The van der Waals surface area contributed by atoms with E-state index < -0.39 is 11.8 Å². The Morgan fingerprint density at radius 2 is 1.74 bits per heavy atom. The predicted octanol–water partition coefficient (Wildman–Crippen LogP) is 0.271. The van der Waals surface area contributed by atoms with Crippen LogP contribution in [0.25, 0.3) is 0 Å². The maximum Gasteiger partial charge on any atom is 0.280 e. The van der Waals surface area contributed by atoms with Crippen LogP contribution < -0.4 is 33.0 Å². The number of aryl methyl sites for hydroxylation is 2. The first kappa shape index (κ1) is 23.4. The van der Waals surface area contributed by atoms with Gasteiger partial charge in [-0.1, -0.05) is 18.6 Å². The monoisotopic (exact) mass is 428 g/mol. The van der Waals surface area contributed by atoms with Gasteiger partial charge in [-0.15, -0.1) is 0 Å². The molecule has 0 saturated carbocycles. The normalized spacial score (nSPS) is 11.2. The summed E-state index contributed by atoms with van der Waals surface area (Å²) in [6.45, 7) is 1.97. The van der Waals surface area contributed by atoms with E-state index in [1.165, 1.54) is 5.56 Å². The Morgan fingerprint density at radius 3 is 2.42 bits per heavy atom. The summed E-state index contributed by atoms with van der Waals surface area (Å²) in [4.78, 5) is 35.0. The zero-order valence-electron chi connectivity index (χ0n) is 17.4. The van der Waals surface area contributed by atoms with E-state index in [1.54, 1.807) is 6.92 Å². The number of ether oxygens (including phenoxy) is 1. The fraction of sp³-hybridized carbons (Fsp3) is 0.350. The zero-order valence-corrected chi connectivity index (χ0v) is 17.4. The lowest BCUT2D eigenvalue weighted by Gasteiger charge is -2.08. The molecule has 0 spiro atoms. The average molecular weight is 428 g/mol. The molecule has 0 bridgehead atoms. The number of carbonyl (C=O) groups excluding carboxylic acids is 2. The molecule has 166 valence electrons. The molecule has 11 nitrogen and oxygen atoms in total. The summed E-state index contributed by atoms with van der Waals surface area (Å²) in [6, 6.07) is 7.53. The molecule has 0 fully saturated rings. The van der Waals surface area contributed by atoms with Crippen LogP contribution in [-0.4, -0.2) is 40.9 Å². The molecule has 2 amide bonds. The van der Waals surface area contributed by atoms with Gasteiger partial charge in [-0.2, -0.15) is 0 Å². The van der Waals surface area contributed by atoms with Gasteiger partial charge in [0.05, 0.1) is 5.69 Å². The number of unbranched alkanes of at least 4 members (excludes halogenated alkanes) is 2. The first-order chi connectivity index (χ1) is 14.8. The number of nitrogens with zero attached hydrogens (tertiary/aromatic N) is 3. The largest absolute Gasteiger partial charge is 0.484 e. The van der Waals surface area contributed by atoms with Gasteiger partial charge in [-0.25, -0.2) is 9.97 Å². The van der Waals surface area contributed by atoms with Crippen molar-refractivity contribution in [2.45, 2.75) is 32.6 Å². The Kier molecular flexibility index (Phi) is 8.55. The molecule has 0 atom stereocenters. The van der Waals surface area contributed by atoms with E-state index in [9.17, 15) is 9.59 Å². The lowest BCUT2D eigenvalue weighted by atomic mass is 10.1. The molecule has 2 rings (SSSR count). The van der Waals surface area contributed by atoms with Crippen molar-refractivity contribution in [1.29, 1.82) is 0 Å². The van der Waals surface area contributed by atoms with Crippen molar-refractivity contribution in [3.63, 3.8) is 0 Å². The van der Waals surface area contributed by atoms with Crippen LogP contribution in [0.2, 0.25) is 0 Å². The summed E-state index contributed by atoms with van der Waals surface area (Å²) < 4.78 is 5.22. The third-order valence-corrected chi connectivity index (χ3v) is 4.30. The van der Waals surface area contributed by atoms with Gasteiger partial charge < -0.3 is 27.7 Å². The molecule has 0 unspecified atom stereocenters. The Labute approximate surface area is 180 Å². The van der Waals surface area contributed by atoms with Crippen molar-refractivity contribution in [3.8, 4) is 5.75 Å². The van der Waals surface area contributed by atoms with Gasteiger partial charge in [0.25, 0.3) is 11.8 Å². The van der Waals surface area contributed by atoms with Gasteiger partial charge in [0.1, 0.15) is 11.6 Å². The molecule has 31 heavy (non-hydrogen) atoms. The Balaban J connectivity index is 1.69. The van der Waals surface area contributed by atoms with Crippen LogP contribution in [0.3, 0.4) is 0 Å². The fourth-order valence-electron chi connectivity index (χ4n) is 2.65. The number of hydrogen-bond acceptors (Lipinski definition) is 8. The molecule has 1 heterocycles. The third-order valence-electron chi connectivity index (χ3n) is 4.30. The standard InChI is InChI=1S/C20H28N8O3/c1-12-17(22)27-18(23)16(26-12)19(30)28-20(24)25-10-4-2-3-5-13-6-8-14(9-7-13)31-11-15(21)29/h6-9H,2-5,10-11H2,1H3,(H2,21,29)(H4,22,23,27)(H3,24,25,28,30). The first-order valence-electron chi connectivity index (χ1n) is 9.77. The Hall–Kier alpha value is -3.89. The smallest absolute Gasteiger partial charge is 0.280 e. The minimum atomic E-state index is -0.586. The number of anilines is 2. The average Bonchev–Trinajstić information content (AvgIpc) is 2.72. The quantitative estimate of drug-likeness (QED) is 0.202. The summed E-state index contributed by atoms with van der Waals surface area (Å²) in [5, 5.41) is 2.45. The molecular formula is C20H28N8O3. The van der Waals surface area contributed by atoms with Gasteiger partial charge in [-0.3, -0.25) is 19.9 Å². The van der Waals surface area contributed by atoms with Crippen molar-refractivity contribution in [1.82, 2.24) is 15.3 Å². The number of rotatable bonds is 10. The molecule has 0 aliphatic carbocycles. The Morgan fingerprint density at radius 1 is 1.03 bits per heavy atom. The van der Waals surface area contributed by atoms with E-state index in [-0.39, 0.29) is 29.9 Å². The maximum atomic E-state index is 12.2. The number of benzene rings is 1. The summed E-state index contributed by atoms with van der Waals surface area (Å²) in [5.41, 5.74) is 23.6. The van der Waals surface area contributed by atoms with Crippen molar-refractivity contribution >= 4 is 29.4 Å². The highest BCUT2D eigenvalue weighted by Crippen LogP contribution is 2.14. The van der Waals surface area contributed by atoms with Crippen LogP contribution in [0.15, 0.2) is 29.3 Å². The second-order valence-electron chi connectivity index (χ2n) is 6.86. The number of aliphatic imine (C=N–C) groups is 1. The SMILES string of the molecule is Cc1nc(C(=O)NC(N)=NCCCCCc2ccc(OCC(N)=O)cc2)c(N)nc1N. The number of aromatic nitrogens is 2. The molecule has 1 aromatic heterocycles. The zero-order chi connectivity index (χ0) is 22.8. The molecule has 0 aliphatic rings. The van der Waals surface area contributed by atoms with E-state index in [1.807, 2.05) is 24.3 Å². The van der Waals surface area contributed by atoms with Crippen LogP contribution >= 0.6 is 0 Å². The topological polar surface area (TPSA) is 198 Å². The molecule has 1 aromatic carbocycles. The van der Waals surface area contributed by atoms with Crippen molar-refractivity contribution < 1.29 is 14.3 Å².